The van der Waals surface area contributed by atoms with E-state index in [4.69, 9.17) is 10.5 Å². The molecule has 1 atom stereocenters. The van der Waals surface area contributed by atoms with Crippen molar-refractivity contribution in [2.45, 2.75) is 19.3 Å². The lowest BCUT2D eigenvalue weighted by atomic mass is 9.96. The van der Waals surface area contributed by atoms with Crippen molar-refractivity contribution in [3.05, 3.63) is 35.6 Å². The van der Waals surface area contributed by atoms with Crippen molar-refractivity contribution in [3.8, 4) is 0 Å². The Morgan fingerprint density at radius 2 is 2.00 bits per heavy atom. The van der Waals surface area contributed by atoms with Gasteiger partial charge in [-0.3, -0.25) is 0 Å². The van der Waals surface area contributed by atoms with Crippen LogP contribution >= 0.6 is 0 Å². The number of halogens is 1. The molecule has 0 radical (unpaired) electrons. The molecule has 15 heavy (non-hydrogen) atoms. The van der Waals surface area contributed by atoms with Crippen LogP contribution in [-0.2, 0) is 4.74 Å². The standard InChI is InChI=1S/C12H18FNO/c1-2-15-8-7-11(9-14)10-3-5-12(13)6-4-10/h3-6,11H,2,7-9,14H2,1H3. The third-order valence-corrected chi connectivity index (χ3v) is 2.44. The maximum Gasteiger partial charge on any atom is 0.123 e. The highest BCUT2D eigenvalue weighted by atomic mass is 19.1. The number of hydrogen-bond acceptors (Lipinski definition) is 2. The monoisotopic (exact) mass is 211 g/mol. The lowest BCUT2D eigenvalue weighted by Gasteiger charge is -2.14. The first kappa shape index (κ1) is 12.1. The van der Waals surface area contributed by atoms with Crippen LogP contribution in [0.2, 0.25) is 0 Å². The predicted molar refractivity (Wildman–Crippen MR) is 59.3 cm³/mol. The molecule has 0 aliphatic heterocycles. The minimum Gasteiger partial charge on any atom is -0.382 e. The highest BCUT2D eigenvalue weighted by Gasteiger charge is 2.09. The van der Waals surface area contributed by atoms with Crippen LogP contribution in [0.4, 0.5) is 4.39 Å². The quantitative estimate of drug-likeness (QED) is 0.733. The van der Waals surface area contributed by atoms with E-state index in [0.29, 0.717) is 13.2 Å². The summed E-state index contributed by atoms with van der Waals surface area (Å²) in [6.45, 7) is 3.96. The molecule has 1 rings (SSSR count). The topological polar surface area (TPSA) is 35.2 Å². The van der Waals surface area contributed by atoms with Crippen molar-refractivity contribution >= 4 is 0 Å². The Morgan fingerprint density at radius 3 is 2.53 bits per heavy atom. The fourth-order valence-corrected chi connectivity index (χ4v) is 1.53. The fourth-order valence-electron chi connectivity index (χ4n) is 1.53. The normalized spacial score (nSPS) is 12.7. The van der Waals surface area contributed by atoms with Crippen molar-refractivity contribution in [1.82, 2.24) is 0 Å². The number of hydrogen-bond donors (Lipinski definition) is 1. The van der Waals surface area contributed by atoms with E-state index >= 15 is 0 Å². The van der Waals surface area contributed by atoms with Crippen LogP contribution in [0.1, 0.15) is 24.8 Å². The molecule has 1 aromatic rings. The van der Waals surface area contributed by atoms with E-state index in [1.807, 2.05) is 6.92 Å². The number of nitrogens with two attached hydrogens (primary N) is 1. The molecule has 0 fully saturated rings. The molecular formula is C12H18FNO. The molecule has 0 saturated heterocycles. The third-order valence-electron chi connectivity index (χ3n) is 2.44. The summed E-state index contributed by atoms with van der Waals surface area (Å²) in [5.41, 5.74) is 6.76. The van der Waals surface area contributed by atoms with Crippen molar-refractivity contribution in [2.24, 2.45) is 5.73 Å². The van der Waals surface area contributed by atoms with Crippen molar-refractivity contribution in [1.29, 1.82) is 0 Å². The van der Waals surface area contributed by atoms with E-state index in [9.17, 15) is 4.39 Å². The predicted octanol–water partition coefficient (Wildman–Crippen LogP) is 2.29. The highest BCUT2D eigenvalue weighted by molar-refractivity contribution is 5.20. The van der Waals surface area contributed by atoms with E-state index in [2.05, 4.69) is 0 Å². The van der Waals surface area contributed by atoms with Crippen LogP contribution in [0.3, 0.4) is 0 Å². The maximum atomic E-state index is 12.7. The van der Waals surface area contributed by atoms with Crippen molar-refractivity contribution in [3.63, 3.8) is 0 Å². The van der Waals surface area contributed by atoms with Gasteiger partial charge in [-0.05, 0) is 43.5 Å². The summed E-state index contributed by atoms with van der Waals surface area (Å²) in [4.78, 5) is 0. The largest absolute Gasteiger partial charge is 0.382 e. The van der Waals surface area contributed by atoms with Gasteiger partial charge in [-0.2, -0.15) is 0 Å². The minimum atomic E-state index is -0.209. The molecule has 84 valence electrons. The Balaban J connectivity index is 2.53. The van der Waals surface area contributed by atoms with Crippen molar-refractivity contribution in [2.75, 3.05) is 19.8 Å². The molecule has 0 spiro atoms. The smallest absolute Gasteiger partial charge is 0.123 e. The van der Waals surface area contributed by atoms with Gasteiger partial charge in [-0.1, -0.05) is 12.1 Å². The van der Waals surface area contributed by atoms with Crippen LogP contribution in [0, 0.1) is 5.82 Å². The number of ether oxygens (including phenoxy) is 1. The summed E-state index contributed by atoms with van der Waals surface area (Å²) in [6, 6.07) is 6.52. The van der Waals surface area contributed by atoms with Crippen LogP contribution in [0.5, 0.6) is 0 Å². The molecule has 0 aromatic heterocycles. The Morgan fingerprint density at radius 1 is 1.33 bits per heavy atom. The molecule has 0 saturated carbocycles. The zero-order valence-electron chi connectivity index (χ0n) is 9.08. The van der Waals surface area contributed by atoms with Gasteiger partial charge < -0.3 is 10.5 Å². The van der Waals surface area contributed by atoms with Crippen LogP contribution in [0.25, 0.3) is 0 Å². The zero-order chi connectivity index (χ0) is 11.1. The Kier molecular flexibility index (Phi) is 5.29. The Hall–Kier alpha value is -0.930. The minimum absolute atomic E-state index is 0.209. The molecule has 0 heterocycles. The zero-order valence-corrected chi connectivity index (χ0v) is 9.08. The molecular weight excluding hydrogens is 193 g/mol. The average molecular weight is 211 g/mol. The first-order valence-electron chi connectivity index (χ1n) is 5.31. The molecule has 0 amide bonds. The maximum absolute atomic E-state index is 12.7. The summed E-state index contributed by atoms with van der Waals surface area (Å²) in [5, 5.41) is 0. The highest BCUT2D eigenvalue weighted by Crippen LogP contribution is 2.18. The summed E-state index contributed by atoms with van der Waals surface area (Å²) in [6.07, 6.45) is 0.885. The van der Waals surface area contributed by atoms with E-state index in [1.54, 1.807) is 12.1 Å². The molecule has 2 N–H and O–H groups in total. The molecule has 0 bridgehead atoms. The third kappa shape index (κ3) is 3.98. The Labute approximate surface area is 90.2 Å². The molecule has 2 nitrogen and oxygen atoms in total. The molecule has 1 unspecified atom stereocenters. The van der Waals surface area contributed by atoms with Crippen LogP contribution < -0.4 is 5.73 Å². The van der Waals surface area contributed by atoms with Gasteiger partial charge in [0, 0.05) is 13.2 Å². The summed E-state index contributed by atoms with van der Waals surface area (Å²) < 4.78 is 18.0. The van der Waals surface area contributed by atoms with Gasteiger partial charge in [0.1, 0.15) is 5.82 Å². The second-order valence-corrected chi connectivity index (χ2v) is 3.47. The van der Waals surface area contributed by atoms with Gasteiger partial charge >= 0.3 is 0 Å². The summed E-state index contributed by atoms with van der Waals surface area (Å²) >= 11 is 0. The number of rotatable bonds is 6. The molecule has 0 aliphatic rings. The lowest BCUT2D eigenvalue weighted by molar-refractivity contribution is 0.140. The van der Waals surface area contributed by atoms with E-state index < -0.39 is 0 Å². The first-order chi connectivity index (χ1) is 7.27. The fraction of sp³-hybridized carbons (Fsp3) is 0.500. The summed E-state index contributed by atoms with van der Waals surface area (Å²) in [5.74, 6) is 0.0523. The second-order valence-electron chi connectivity index (χ2n) is 3.47. The van der Waals surface area contributed by atoms with Crippen LogP contribution in [-0.4, -0.2) is 19.8 Å². The first-order valence-corrected chi connectivity index (χ1v) is 5.31. The molecule has 0 aliphatic carbocycles. The Bertz CT molecular complexity index is 273. The average Bonchev–Trinajstić information content (AvgIpc) is 2.26. The second kappa shape index (κ2) is 6.53. The summed E-state index contributed by atoms with van der Waals surface area (Å²) in [7, 11) is 0. The lowest BCUT2D eigenvalue weighted by Crippen LogP contribution is -2.14. The number of benzene rings is 1. The van der Waals surface area contributed by atoms with Crippen LogP contribution in [0.15, 0.2) is 24.3 Å². The molecule has 1 aromatic carbocycles. The molecule has 3 heteroatoms. The van der Waals surface area contributed by atoms with Gasteiger partial charge in [0.25, 0.3) is 0 Å². The van der Waals surface area contributed by atoms with Gasteiger partial charge in [0.05, 0.1) is 0 Å². The van der Waals surface area contributed by atoms with Gasteiger partial charge in [0.15, 0.2) is 0 Å². The van der Waals surface area contributed by atoms with E-state index in [0.717, 1.165) is 18.6 Å². The van der Waals surface area contributed by atoms with E-state index in [-0.39, 0.29) is 11.7 Å². The van der Waals surface area contributed by atoms with E-state index in [1.165, 1.54) is 12.1 Å². The van der Waals surface area contributed by atoms with Gasteiger partial charge in [-0.15, -0.1) is 0 Å². The van der Waals surface area contributed by atoms with Crippen molar-refractivity contribution < 1.29 is 9.13 Å². The van der Waals surface area contributed by atoms with Gasteiger partial charge in [0.2, 0.25) is 0 Å². The SMILES string of the molecule is CCOCCC(CN)c1ccc(F)cc1. The van der Waals surface area contributed by atoms with Gasteiger partial charge in [-0.25, -0.2) is 4.39 Å².